The Labute approximate surface area is 98.1 Å². The summed E-state index contributed by atoms with van der Waals surface area (Å²) in [6, 6.07) is 10.5. The normalized spacial score (nSPS) is 10.2. The summed E-state index contributed by atoms with van der Waals surface area (Å²) in [7, 11) is 0. The molecule has 0 aromatic heterocycles. The van der Waals surface area contributed by atoms with Crippen LogP contribution in [0.15, 0.2) is 42.5 Å². The number of halogens is 2. The molecule has 0 heterocycles. The van der Waals surface area contributed by atoms with E-state index in [0.29, 0.717) is 5.69 Å². The van der Waals surface area contributed by atoms with Crippen molar-refractivity contribution in [2.75, 3.05) is 11.1 Å². The molecule has 0 aliphatic rings. The maximum atomic E-state index is 13.3. The third-order valence-corrected chi connectivity index (χ3v) is 2.38. The molecule has 0 bridgehead atoms. The first kappa shape index (κ1) is 11.4. The van der Waals surface area contributed by atoms with Crippen LogP contribution in [0.3, 0.4) is 0 Å². The Hall–Kier alpha value is -2.10. The minimum atomic E-state index is -0.448. The van der Waals surface area contributed by atoms with E-state index in [1.165, 1.54) is 6.07 Å². The van der Waals surface area contributed by atoms with Crippen molar-refractivity contribution in [3.05, 3.63) is 59.7 Å². The molecular formula is C13H12F2N2. The number of nitrogens with two attached hydrogens (primary N) is 1. The lowest BCUT2D eigenvalue weighted by molar-refractivity contribution is 0.587. The van der Waals surface area contributed by atoms with E-state index in [1.54, 1.807) is 18.2 Å². The van der Waals surface area contributed by atoms with Crippen LogP contribution in [0, 0.1) is 11.6 Å². The van der Waals surface area contributed by atoms with Crippen molar-refractivity contribution in [1.82, 2.24) is 0 Å². The van der Waals surface area contributed by atoms with E-state index in [0.717, 1.165) is 17.8 Å². The average molecular weight is 234 g/mol. The molecule has 0 unspecified atom stereocenters. The minimum Gasteiger partial charge on any atom is -0.399 e. The zero-order valence-electron chi connectivity index (χ0n) is 9.08. The molecule has 0 spiro atoms. The highest BCUT2D eigenvalue weighted by Gasteiger charge is 2.03. The molecule has 0 atom stereocenters. The molecule has 0 saturated carbocycles. The zero-order chi connectivity index (χ0) is 12.3. The van der Waals surface area contributed by atoms with Gasteiger partial charge in [-0.05, 0) is 36.4 Å². The largest absolute Gasteiger partial charge is 0.399 e. The van der Waals surface area contributed by atoms with Gasteiger partial charge in [0, 0.05) is 23.5 Å². The number of hydrogen-bond acceptors (Lipinski definition) is 2. The number of nitrogens with one attached hydrogen (secondary N) is 1. The Kier molecular flexibility index (Phi) is 3.23. The van der Waals surface area contributed by atoms with Crippen molar-refractivity contribution < 1.29 is 8.78 Å². The standard InChI is InChI=1S/C13H12F2N2/c14-10-4-5-13(15)9(6-10)8-17-12-3-1-2-11(16)7-12/h1-7,17H,8,16H2. The van der Waals surface area contributed by atoms with Crippen LogP contribution >= 0.6 is 0 Å². The van der Waals surface area contributed by atoms with Crippen LogP contribution < -0.4 is 11.1 Å². The third kappa shape index (κ3) is 2.93. The van der Waals surface area contributed by atoms with Crippen LogP contribution in [0.2, 0.25) is 0 Å². The van der Waals surface area contributed by atoms with Gasteiger partial charge in [0.15, 0.2) is 0 Å². The molecule has 88 valence electrons. The van der Waals surface area contributed by atoms with Gasteiger partial charge in [0.2, 0.25) is 0 Å². The topological polar surface area (TPSA) is 38.0 Å². The Balaban J connectivity index is 2.09. The predicted molar refractivity (Wildman–Crippen MR) is 64.5 cm³/mol. The summed E-state index contributed by atoms with van der Waals surface area (Å²) in [5.74, 6) is -0.876. The Morgan fingerprint density at radius 2 is 1.88 bits per heavy atom. The molecule has 2 nitrogen and oxygen atoms in total. The van der Waals surface area contributed by atoms with Gasteiger partial charge >= 0.3 is 0 Å². The number of benzene rings is 2. The summed E-state index contributed by atoms with van der Waals surface area (Å²) in [4.78, 5) is 0. The summed E-state index contributed by atoms with van der Waals surface area (Å²) in [5, 5.41) is 2.98. The minimum absolute atomic E-state index is 0.215. The lowest BCUT2D eigenvalue weighted by Crippen LogP contribution is -2.02. The Morgan fingerprint density at radius 3 is 2.65 bits per heavy atom. The zero-order valence-corrected chi connectivity index (χ0v) is 9.08. The predicted octanol–water partition coefficient (Wildman–Crippen LogP) is 3.16. The van der Waals surface area contributed by atoms with Crippen molar-refractivity contribution >= 4 is 11.4 Å². The number of nitrogen functional groups attached to an aromatic ring is 1. The van der Waals surface area contributed by atoms with Crippen molar-refractivity contribution in [2.45, 2.75) is 6.54 Å². The van der Waals surface area contributed by atoms with E-state index >= 15 is 0 Å². The van der Waals surface area contributed by atoms with Gasteiger partial charge < -0.3 is 11.1 Å². The van der Waals surface area contributed by atoms with E-state index < -0.39 is 11.6 Å². The molecule has 0 amide bonds. The van der Waals surface area contributed by atoms with E-state index in [-0.39, 0.29) is 12.1 Å². The monoisotopic (exact) mass is 234 g/mol. The summed E-state index contributed by atoms with van der Waals surface area (Å²) in [5.41, 5.74) is 7.28. The Morgan fingerprint density at radius 1 is 1.06 bits per heavy atom. The lowest BCUT2D eigenvalue weighted by Gasteiger charge is -2.08. The fraction of sp³-hybridized carbons (Fsp3) is 0.0769. The van der Waals surface area contributed by atoms with E-state index in [4.69, 9.17) is 5.73 Å². The highest BCUT2D eigenvalue weighted by atomic mass is 19.1. The maximum absolute atomic E-state index is 13.3. The van der Waals surface area contributed by atoms with Crippen LogP contribution in [0.25, 0.3) is 0 Å². The molecule has 3 N–H and O–H groups in total. The molecule has 2 rings (SSSR count). The number of anilines is 2. The smallest absolute Gasteiger partial charge is 0.128 e. The first-order valence-corrected chi connectivity index (χ1v) is 5.18. The van der Waals surface area contributed by atoms with Gasteiger partial charge in [-0.2, -0.15) is 0 Å². The first-order valence-electron chi connectivity index (χ1n) is 5.18. The van der Waals surface area contributed by atoms with E-state index in [2.05, 4.69) is 5.32 Å². The van der Waals surface area contributed by atoms with Crippen molar-refractivity contribution in [3.63, 3.8) is 0 Å². The molecule has 0 saturated heterocycles. The summed E-state index contributed by atoms with van der Waals surface area (Å²) < 4.78 is 26.2. The number of rotatable bonds is 3. The molecule has 0 aliphatic carbocycles. The fourth-order valence-electron chi connectivity index (χ4n) is 1.52. The molecule has 0 fully saturated rings. The molecule has 2 aromatic rings. The highest BCUT2D eigenvalue weighted by molar-refractivity contribution is 5.54. The summed E-state index contributed by atoms with van der Waals surface area (Å²) >= 11 is 0. The first-order chi connectivity index (χ1) is 8.15. The quantitative estimate of drug-likeness (QED) is 0.800. The second-order valence-electron chi connectivity index (χ2n) is 3.71. The van der Waals surface area contributed by atoms with Gasteiger partial charge in [-0.25, -0.2) is 8.78 Å². The molecule has 2 aromatic carbocycles. The van der Waals surface area contributed by atoms with Crippen LogP contribution in [0.5, 0.6) is 0 Å². The SMILES string of the molecule is Nc1cccc(NCc2cc(F)ccc2F)c1. The second-order valence-corrected chi connectivity index (χ2v) is 3.71. The molecule has 17 heavy (non-hydrogen) atoms. The van der Waals surface area contributed by atoms with Crippen LogP contribution in [0.1, 0.15) is 5.56 Å². The lowest BCUT2D eigenvalue weighted by atomic mass is 10.2. The summed E-state index contributed by atoms with van der Waals surface area (Å²) in [6.45, 7) is 0.215. The summed E-state index contributed by atoms with van der Waals surface area (Å²) in [6.07, 6.45) is 0. The molecule has 0 aliphatic heterocycles. The van der Waals surface area contributed by atoms with Crippen molar-refractivity contribution in [3.8, 4) is 0 Å². The average Bonchev–Trinajstić information content (AvgIpc) is 2.30. The van der Waals surface area contributed by atoms with Gasteiger partial charge in [0.25, 0.3) is 0 Å². The van der Waals surface area contributed by atoms with Crippen LogP contribution in [-0.4, -0.2) is 0 Å². The fourth-order valence-corrected chi connectivity index (χ4v) is 1.52. The van der Waals surface area contributed by atoms with E-state index in [9.17, 15) is 8.78 Å². The van der Waals surface area contributed by atoms with Gasteiger partial charge in [-0.15, -0.1) is 0 Å². The third-order valence-electron chi connectivity index (χ3n) is 2.38. The van der Waals surface area contributed by atoms with Gasteiger partial charge in [-0.1, -0.05) is 6.07 Å². The van der Waals surface area contributed by atoms with Gasteiger partial charge in [-0.3, -0.25) is 0 Å². The molecule has 0 radical (unpaired) electrons. The second kappa shape index (κ2) is 4.82. The van der Waals surface area contributed by atoms with Crippen molar-refractivity contribution in [2.24, 2.45) is 0 Å². The van der Waals surface area contributed by atoms with Crippen molar-refractivity contribution in [1.29, 1.82) is 0 Å². The Bertz CT molecular complexity index is 527. The highest BCUT2D eigenvalue weighted by Crippen LogP contribution is 2.15. The van der Waals surface area contributed by atoms with Gasteiger partial charge in [0.1, 0.15) is 11.6 Å². The molecular weight excluding hydrogens is 222 g/mol. The molecule has 4 heteroatoms. The van der Waals surface area contributed by atoms with Gasteiger partial charge in [0.05, 0.1) is 0 Å². The van der Waals surface area contributed by atoms with E-state index in [1.807, 2.05) is 6.07 Å². The van der Waals surface area contributed by atoms with Crippen LogP contribution in [-0.2, 0) is 6.54 Å². The number of hydrogen-bond donors (Lipinski definition) is 2. The maximum Gasteiger partial charge on any atom is 0.128 e. The van der Waals surface area contributed by atoms with Crippen LogP contribution in [0.4, 0.5) is 20.2 Å².